The van der Waals surface area contributed by atoms with Gasteiger partial charge in [0.2, 0.25) is 0 Å². The van der Waals surface area contributed by atoms with E-state index >= 15 is 0 Å². The van der Waals surface area contributed by atoms with E-state index in [1.165, 1.54) is 0 Å². The van der Waals surface area contributed by atoms with E-state index in [0.717, 1.165) is 10.0 Å². The Morgan fingerprint density at radius 2 is 1.94 bits per heavy atom. The van der Waals surface area contributed by atoms with E-state index < -0.39 is 0 Å². The number of rotatable bonds is 7. The third kappa shape index (κ3) is 5.70. The van der Waals surface area contributed by atoms with Gasteiger partial charge >= 0.3 is 0 Å². The van der Waals surface area contributed by atoms with Crippen LogP contribution in [-0.4, -0.2) is 15.7 Å². The summed E-state index contributed by atoms with van der Waals surface area (Å²) in [5.41, 5.74) is 1.73. The molecule has 2 aromatic heterocycles. The van der Waals surface area contributed by atoms with Crippen LogP contribution in [0.25, 0.3) is 0 Å². The lowest BCUT2D eigenvalue weighted by Crippen LogP contribution is -2.11. The molecule has 0 saturated heterocycles. The average molecular weight is 521 g/mol. The van der Waals surface area contributed by atoms with E-state index in [1.54, 1.807) is 36.5 Å². The zero-order valence-corrected chi connectivity index (χ0v) is 19.1. The lowest BCUT2D eigenvalue weighted by Gasteiger charge is -2.07. The van der Waals surface area contributed by atoms with Crippen LogP contribution in [0, 0.1) is 0 Å². The number of ether oxygens (including phenoxy) is 1. The van der Waals surface area contributed by atoms with Crippen LogP contribution in [0.2, 0.25) is 10.0 Å². The van der Waals surface area contributed by atoms with Crippen LogP contribution in [0.15, 0.2) is 75.9 Å². The Balaban J connectivity index is 1.33. The summed E-state index contributed by atoms with van der Waals surface area (Å²) in [4.78, 5) is 12.5. The molecule has 0 saturated carbocycles. The molecule has 9 heteroatoms. The Hall–Kier alpha value is -2.74. The van der Waals surface area contributed by atoms with Gasteiger partial charge in [-0.1, -0.05) is 35.3 Å². The number of halogens is 3. The van der Waals surface area contributed by atoms with Gasteiger partial charge in [0, 0.05) is 16.9 Å². The summed E-state index contributed by atoms with van der Waals surface area (Å²) in [6.45, 7) is 0.770. The minimum Gasteiger partial charge on any atom is -0.484 e. The van der Waals surface area contributed by atoms with Gasteiger partial charge in [-0.05, 0) is 64.0 Å². The number of carbonyl (C=O) groups is 1. The van der Waals surface area contributed by atoms with Crippen LogP contribution in [0.5, 0.6) is 5.75 Å². The molecule has 6 nitrogen and oxygen atoms in total. The summed E-state index contributed by atoms with van der Waals surface area (Å²) >= 11 is 15.3. The van der Waals surface area contributed by atoms with Crippen LogP contribution in [0.3, 0.4) is 0 Å². The van der Waals surface area contributed by atoms with Gasteiger partial charge in [0.25, 0.3) is 5.91 Å². The van der Waals surface area contributed by atoms with Crippen LogP contribution >= 0.6 is 39.1 Å². The van der Waals surface area contributed by atoms with Crippen molar-refractivity contribution in [1.29, 1.82) is 0 Å². The minimum atomic E-state index is -0.348. The monoisotopic (exact) mass is 519 g/mol. The minimum absolute atomic E-state index is 0.132. The topological polar surface area (TPSA) is 69.3 Å². The highest BCUT2D eigenvalue weighted by Gasteiger charge is 2.13. The molecule has 4 rings (SSSR count). The zero-order valence-electron chi connectivity index (χ0n) is 16.0. The first kappa shape index (κ1) is 21.5. The SMILES string of the molecule is O=C(Nc1ccc(Cn2cc(Br)cn2)cc1)c1ccc(COc2ccc(Cl)cc2Cl)o1. The number of hydrogen-bond acceptors (Lipinski definition) is 4. The van der Waals surface area contributed by atoms with E-state index in [4.69, 9.17) is 32.4 Å². The molecule has 4 aromatic rings. The summed E-state index contributed by atoms with van der Waals surface area (Å²) in [5, 5.41) is 7.98. The standard InChI is InChI=1S/C22H16BrCl2N3O3/c23-15-10-26-28(12-15)11-14-1-4-17(5-2-14)27-22(29)21-8-6-18(31-21)13-30-20-7-3-16(24)9-19(20)25/h1-10,12H,11,13H2,(H,27,29). The number of benzene rings is 2. The van der Waals surface area contributed by atoms with Gasteiger partial charge in [0.15, 0.2) is 5.76 Å². The number of aromatic nitrogens is 2. The van der Waals surface area contributed by atoms with Gasteiger partial charge in [-0.15, -0.1) is 0 Å². The fraction of sp³-hybridized carbons (Fsp3) is 0.0909. The Kier molecular flexibility index (Phi) is 6.65. The lowest BCUT2D eigenvalue weighted by atomic mass is 10.2. The first-order valence-corrected chi connectivity index (χ1v) is 10.8. The maximum atomic E-state index is 12.5. The molecule has 2 heterocycles. The molecule has 31 heavy (non-hydrogen) atoms. The molecule has 158 valence electrons. The largest absolute Gasteiger partial charge is 0.484 e. The van der Waals surface area contributed by atoms with Gasteiger partial charge in [-0.25, -0.2) is 0 Å². The van der Waals surface area contributed by atoms with Gasteiger partial charge < -0.3 is 14.5 Å². The van der Waals surface area contributed by atoms with Crippen molar-refractivity contribution < 1.29 is 13.9 Å². The van der Waals surface area contributed by atoms with Gasteiger partial charge in [0.05, 0.1) is 22.2 Å². The highest BCUT2D eigenvalue weighted by molar-refractivity contribution is 9.10. The number of carbonyl (C=O) groups excluding carboxylic acids is 1. The molecular weight excluding hydrogens is 505 g/mol. The molecule has 2 aromatic carbocycles. The van der Waals surface area contributed by atoms with E-state index in [9.17, 15) is 4.79 Å². The summed E-state index contributed by atoms with van der Waals surface area (Å²) < 4.78 is 14.0. The predicted octanol–water partition coefficient (Wildman–Crippen LogP) is 6.43. The van der Waals surface area contributed by atoms with Crippen molar-refractivity contribution in [3.63, 3.8) is 0 Å². The molecule has 1 amide bonds. The number of furan rings is 1. The highest BCUT2D eigenvalue weighted by atomic mass is 79.9. The second kappa shape index (κ2) is 9.60. The Morgan fingerprint density at radius 1 is 1.13 bits per heavy atom. The molecule has 0 bridgehead atoms. The summed E-state index contributed by atoms with van der Waals surface area (Å²) in [5.74, 6) is 0.818. The molecule has 0 spiro atoms. The average Bonchev–Trinajstić information content (AvgIpc) is 3.38. The fourth-order valence-electron chi connectivity index (χ4n) is 2.82. The second-order valence-electron chi connectivity index (χ2n) is 6.64. The number of nitrogens with zero attached hydrogens (tertiary/aromatic N) is 2. The summed E-state index contributed by atoms with van der Waals surface area (Å²) in [7, 11) is 0. The molecule has 0 unspecified atom stereocenters. The van der Waals surface area contributed by atoms with Crippen molar-refractivity contribution in [3.8, 4) is 5.75 Å². The van der Waals surface area contributed by atoms with Crippen molar-refractivity contribution in [2.45, 2.75) is 13.2 Å². The second-order valence-corrected chi connectivity index (χ2v) is 8.40. The quantitative estimate of drug-likeness (QED) is 0.305. The Labute approximate surface area is 196 Å². The van der Waals surface area contributed by atoms with Crippen molar-refractivity contribution in [1.82, 2.24) is 9.78 Å². The van der Waals surface area contributed by atoms with E-state index in [2.05, 4.69) is 26.3 Å². The van der Waals surface area contributed by atoms with E-state index in [0.29, 0.717) is 33.8 Å². The molecule has 1 N–H and O–H groups in total. The molecule has 0 aliphatic rings. The number of amides is 1. The number of anilines is 1. The van der Waals surface area contributed by atoms with Gasteiger partial charge in [-0.3, -0.25) is 9.48 Å². The molecule has 0 aliphatic carbocycles. The highest BCUT2D eigenvalue weighted by Crippen LogP contribution is 2.28. The van der Waals surface area contributed by atoms with E-state index in [1.807, 2.05) is 35.1 Å². The molecule has 0 radical (unpaired) electrons. The van der Waals surface area contributed by atoms with Crippen LogP contribution in [0.1, 0.15) is 21.9 Å². The van der Waals surface area contributed by atoms with Crippen molar-refractivity contribution in [2.24, 2.45) is 0 Å². The third-order valence-electron chi connectivity index (χ3n) is 4.31. The van der Waals surface area contributed by atoms with Crippen LogP contribution in [-0.2, 0) is 13.2 Å². The van der Waals surface area contributed by atoms with Gasteiger partial charge in [-0.2, -0.15) is 5.10 Å². The van der Waals surface area contributed by atoms with Crippen molar-refractivity contribution in [3.05, 3.63) is 98.6 Å². The number of hydrogen-bond donors (Lipinski definition) is 1. The fourth-order valence-corrected chi connectivity index (χ4v) is 3.61. The first-order chi connectivity index (χ1) is 15.0. The van der Waals surface area contributed by atoms with Gasteiger partial charge in [0.1, 0.15) is 18.1 Å². The van der Waals surface area contributed by atoms with Crippen LogP contribution < -0.4 is 10.1 Å². The summed E-state index contributed by atoms with van der Waals surface area (Å²) in [6, 6.07) is 15.8. The maximum absolute atomic E-state index is 12.5. The smallest absolute Gasteiger partial charge is 0.291 e. The normalized spacial score (nSPS) is 10.8. The molecular formula is C22H16BrCl2N3O3. The maximum Gasteiger partial charge on any atom is 0.291 e. The van der Waals surface area contributed by atoms with Crippen LogP contribution in [0.4, 0.5) is 5.69 Å². The summed E-state index contributed by atoms with van der Waals surface area (Å²) in [6.07, 6.45) is 3.64. The predicted molar refractivity (Wildman–Crippen MR) is 123 cm³/mol. The Morgan fingerprint density at radius 3 is 2.65 bits per heavy atom. The number of nitrogens with one attached hydrogen (secondary N) is 1. The Bertz CT molecular complexity index is 1200. The van der Waals surface area contributed by atoms with E-state index in [-0.39, 0.29) is 18.3 Å². The molecule has 0 atom stereocenters. The lowest BCUT2D eigenvalue weighted by molar-refractivity contribution is 0.0992. The molecule has 0 aliphatic heterocycles. The molecule has 0 fully saturated rings. The van der Waals surface area contributed by atoms with Crippen molar-refractivity contribution in [2.75, 3.05) is 5.32 Å². The zero-order chi connectivity index (χ0) is 21.8. The van der Waals surface area contributed by atoms with Crippen molar-refractivity contribution >= 4 is 50.7 Å². The third-order valence-corrected chi connectivity index (χ3v) is 5.25. The first-order valence-electron chi connectivity index (χ1n) is 9.21.